The standard InChI is InChI=1S/C15H13BrF2O2/c1-9(19)14-3-2-12(17)7-15(14)20-8-10-4-11(16)6-13(18)5-10/h2-7,9,19H,8H2,1H3/t9-/m1/s1. The summed E-state index contributed by atoms with van der Waals surface area (Å²) >= 11 is 3.19. The Morgan fingerprint density at radius 3 is 2.55 bits per heavy atom. The highest BCUT2D eigenvalue weighted by Gasteiger charge is 2.11. The van der Waals surface area contributed by atoms with E-state index < -0.39 is 11.9 Å². The van der Waals surface area contributed by atoms with Crippen LogP contribution < -0.4 is 4.74 Å². The summed E-state index contributed by atoms with van der Waals surface area (Å²) in [5.74, 6) is -0.585. The number of halogens is 3. The second-order valence-corrected chi connectivity index (χ2v) is 5.34. The Balaban J connectivity index is 2.20. The van der Waals surface area contributed by atoms with Crippen molar-refractivity contribution in [3.8, 4) is 5.75 Å². The van der Waals surface area contributed by atoms with Gasteiger partial charge in [-0.05, 0) is 42.8 Å². The lowest BCUT2D eigenvalue weighted by molar-refractivity contribution is 0.189. The maximum absolute atomic E-state index is 13.2. The molecule has 2 aromatic rings. The van der Waals surface area contributed by atoms with Crippen LogP contribution in [0.2, 0.25) is 0 Å². The smallest absolute Gasteiger partial charge is 0.128 e. The quantitative estimate of drug-likeness (QED) is 0.894. The molecule has 0 aromatic heterocycles. The fraction of sp³-hybridized carbons (Fsp3) is 0.200. The molecule has 5 heteroatoms. The second-order valence-electron chi connectivity index (χ2n) is 4.42. The maximum Gasteiger partial charge on any atom is 0.128 e. The van der Waals surface area contributed by atoms with Gasteiger partial charge in [0.1, 0.15) is 24.0 Å². The van der Waals surface area contributed by atoms with Gasteiger partial charge in [0.25, 0.3) is 0 Å². The van der Waals surface area contributed by atoms with Crippen molar-refractivity contribution in [2.24, 2.45) is 0 Å². The van der Waals surface area contributed by atoms with Gasteiger partial charge in [-0.3, -0.25) is 0 Å². The van der Waals surface area contributed by atoms with Crippen LogP contribution in [0.15, 0.2) is 40.9 Å². The third kappa shape index (κ3) is 3.77. The largest absolute Gasteiger partial charge is 0.488 e. The summed E-state index contributed by atoms with van der Waals surface area (Å²) in [4.78, 5) is 0. The Kier molecular flexibility index (Phi) is 4.73. The van der Waals surface area contributed by atoms with Gasteiger partial charge >= 0.3 is 0 Å². The van der Waals surface area contributed by atoms with Crippen molar-refractivity contribution < 1.29 is 18.6 Å². The molecular formula is C15H13BrF2O2. The molecule has 0 aliphatic heterocycles. The first-order valence-corrected chi connectivity index (χ1v) is 6.80. The average Bonchev–Trinajstić information content (AvgIpc) is 2.35. The minimum atomic E-state index is -0.773. The first-order valence-electron chi connectivity index (χ1n) is 6.01. The molecule has 0 aliphatic rings. The Morgan fingerprint density at radius 2 is 1.90 bits per heavy atom. The molecule has 0 unspecified atom stereocenters. The molecule has 0 saturated heterocycles. The minimum Gasteiger partial charge on any atom is -0.488 e. The third-order valence-electron chi connectivity index (χ3n) is 2.74. The van der Waals surface area contributed by atoms with Crippen LogP contribution in [0, 0.1) is 11.6 Å². The molecule has 0 fully saturated rings. The molecule has 106 valence electrons. The summed E-state index contributed by atoms with van der Waals surface area (Å²) in [6.45, 7) is 1.65. The number of ether oxygens (including phenoxy) is 1. The molecule has 0 saturated carbocycles. The zero-order valence-corrected chi connectivity index (χ0v) is 12.3. The van der Waals surface area contributed by atoms with Crippen LogP contribution in [0.3, 0.4) is 0 Å². The fourth-order valence-corrected chi connectivity index (χ4v) is 2.35. The van der Waals surface area contributed by atoms with E-state index in [1.54, 1.807) is 13.0 Å². The molecule has 0 bridgehead atoms. The maximum atomic E-state index is 13.2. The molecule has 2 rings (SSSR count). The van der Waals surface area contributed by atoms with Crippen LogP contribution in [0.25, 0.3) is 0 Å². The van der Waals surface area contributed by atoms with Crippen molar-refractivity contribution in [2.45, 2.75) is 19.6 Å². The van der Waals surface area contributed by atoms with E-state index in [1.165, 1.54) is 30.3 Å². The number of aliphatic hydroxyl groups is 1. The van der Waals surface area contributed by atoms with Gasteiger partial charge in [0.15, 0.2) is 0 Å². The minimum absolute atomic E-state index is 0.0829. The Hall–Kier alpha value is -1.46. The van der Waals surface area contributed by atoms with Gasteiger partial charge in [0, 0.05) is 16.1 Å². The van der Waals surface area contributed by atoms with Crippen molar-refractivity contribution in [1.29, 1.82) is 0 Å². The zero-order chi connectivity index (χ0) is 14.7. The van der Waals surface area contributed by atoms with E-state index in [9.17, 15) is 13.9 Å². The van der Waals surface area contributed by atoms with Crippen molar-refractivity contribution in [3.05, 3.63) is 63.6 Å². The Labute approximate surface area is 124 Å². The van der Waals surface area contributed by atoms with E-state index in [1.807, 2.05) is 0 Å². The molecule has 0 radical (unpaired) electrons. The van der Waals surface area contributed by atoms with Crippen LogP contribution in [0.1, 0.15) is 24.2 Å². The predicted molar refractivity (Wildman–Crippen MR) is 75.5 cm³/mol. The van der Waals surface area contributed by atoms with Crippen LogP contribution in [-0.4, -0.2) is 5.11 Å². The molecular weight excluding hydrogens is 330 g/mol. The number of hydrogen-bond acceptors (Lipinski definition) is 2. The Morgan fingerprint density at radius 1 is 1.15 bits per heavy atom. The van der Waals surface area contributed by atoms with E-state index >= 15 is 0 Å². The molecule has 0 aliphatic carbocycles. The normalized spacial score (nSPS) is 12.2. The van der Waals surface area contributed by atoms with Crippen LogP contribution in [0.5, 0.6) is 5.75 Å². The number of hydrogen-bond donors (Lipinski definition) is 1. The van der Waals surface area contributed by atoms with E-state index in [0.717, 1.165) is 0 Å². The summed E-state index contributed by atoms with van der Waals surface area (Å²) in [5, 5.41) is 9.61. The number of rotatable bonds is 4. The van der Waals surface area contributed by atoms with Gasteiger partial charge in [-0.1, -0.05) is 15.9 Å². The van der Waals surface area contributed by atoms with Crippen molar-refractivity contribution >= 4 is 15.9 Å². The van der Waals surface area contributed by atoms with Crippen LogP contribution in [-0.2, 0) is 6.61 Å². The molecule has 0 amide bonds. The fourth-order valence-electron chi connectivity index (χ4n) is 1.83. The molecule has 20 heavy (non-hydrogen) atoms. The monoisotopic (exact) mass is 342 g/mol. The van der Waals surface area contributed by atoms with Gasteiger partial charge in [-0.15, -0.1) is 0 Å². The lowest BCUT2D eigenvalue weighted by atomic mass is 10.1. The molecule has 2 nitrogen and oxygen atoms in total. The highest BCUT2D eigenvalue weighted by molar-refractivity contribution is 9.10. The van der Waals surface area contributed by atoms with Gasteiger partial charge in [0.2, 0.25) is 0 Å². The number of benzene rings is 2. The first kappa shape index (κ1) is 14.9. The summed E-state index contributed by atoms with van der Waals surface area (Å²) < 4.78 is 32.6. The molecule has 0 spiro atoms. The van der Waals surface area contributed by atoms with Crippen molar-refractivity contribution in [1.82, 2.24) is 0 Å². The van der Waals surface area contributed by atoms with Crippen LogP contribution in [0.4, 0.5) is 8.78 Å². The van der Waals surface area contributed by atoms with Gasteiger partial charge in [0.05, 0.1) is 6.10 Å². The van der Waals surface area contributed by atoms with Crippen LogP contribution >= 0.6 is 15.9 Å². The average molecular weight is 343 g/mol. The predicted octanol–water partition coefficient (Wildman–Crippen LogP) is 4.36. The molecule has 1 atom stereocenters. The van der Waals surface area contributed by atoms with Crippen molar-refractivity contribution in [3.63, 3.8) is 0 Å². The van der Waals surface area contributed by atoms with E-state index in [-0.39, 0.29) is 18.2 Å². The van der Waals surface area contributed by atoms with Gasteiger partial charge in [-0.2, -0.15) is 0 Å². The molecule has 1 N–H and O–H groups in total. The molecule has 0 heterocycles. The van der Waals surface area contributed by atoms with Gasteiger partial charge in [-0.25, -0.2) is 8.78 Å². The highest BCUT2D eigenvalue weighted by Crippen LogP contribution is 2.27. The highest BCUT2D eigenvalue weighted by atomic mass is 79.9. The topological polar surface area (TPSA) is 29.5 Å². The summed E-state index contributed by atoms with van der Waals surface area (Å²) in [6.07, 6.45) is -0.773. The summed E-state index contributed by atoms with van der Waals surface area (Å²) in [6, 6.07) is 8.32. The summed E-state index contributed by atoms with van der Waals surface area (Å²) in [7, 11) is 0. The van der Waals surface area contributed by atoms with Crippen molar-refractivity contribution in [2.75, 3.05) is 0 Å². The number of aliphatic hydroxyl groups excluding tert-OH is 1. The molecule has 2 aromatic carbocycles. The van der Waals surface area contributed by atoms with E-state index in [4.69, 9.17) is 4.74 Å². The zero-order valence-electron chi connectivity index (χ0n) is 10.7. The van der Waals surface area contributed by atoms with E-state index in [2.05, 4.69) is 15.9 Å². The lowest BCUT2D eigenvalue weighted by Crippen LogP contribution is -2.02. The van der Waals surface area contributed by atoms with E-state index in [0.29, 0.717) is 15.6 Å². The SMILES string of the molecule is C[C@@H](O)c1ccc(F)cc1OCc1cc(F)cc(Br)c1. The lowest BCUT2D eigenvalue weighted by Gasteiger charge is -2.13. The third-order valence-corrected chi connectivity index (χ3v) is 3.20. The first-order chi connectivity index (χ1) is 9.45. The second kappa shape index (κ2) is 6.33. The summed E-state index contributed by atoms with van der Waals surface area (Å²) in [5.41, 5.74) is 1.10. The van der Waals surface area contributed by atoms with Gasteiger partial charge < -0.3 is 9.84 Å². The Bertz CT molecular complexity index is 595.